The van der Waals surface area contributed by atoms with E-state index in [0.29, 0.717) is 12.4 Å². The van der Waals surface area contributed by atoms with Gasteiger partial charge >= 0.3 is 0 Å². The number of nitrogens with two attached hydrogens (primary N) is 1. The molecule has 20 heavy (non-hydrogen) atoms. The van der Waals surface area contributed by atoms with Crippen molar-refractivity contribution in [2.24, 2.45) is 10.7 Å². The molecule has 0 unspecified atom stereocenters. The fourth-order valence-electron chi connectivity index (χ4n) is 2.12. The van der Waals surface area contributed by atoms with Gasteiger partial charge in [0, 0.05) is 23.6 Å². The molecular weight excluding hydrogens is 255 g/mol. The standard InChI is InChI=1S/C15H13FN4/c16-12-4-1-5-13(7-12)20-10-15(17)19-9-14(20)11-3-2-6-18-8-11/h1-9H,10H2,(H2,17,19). The third-order valence-corrected chi connectivity index (χ3v) is 3.04. The van der Waals surface area contributed by atoms with Crippen LogP contribution in [-0.2, 0) is 0 Å². The van der Waals surface area contributed by atoms with Gasteiger partial charge in [0.25, 0.3) is 0 Å². The lowest BCUT2D eigenvalue weighted by Gasteiger charge is -2.29. The number of aliphatic imine (C=N–C) groups is 1. The minimum Gasteiger partial charge on any atom is -0.386 e. The van der Waals surface area contributed by atoms with Crippen LogP contribution in [0.1, 0.15) is 5.56 Å². The van der Waals surface area contributed by atoms with Gasteiger partial charge in [-0.3, -0.25) is 4.98 Å². The van der Waals surface area contributed by atoms with Gasteiger partial charge in [-0.15, -0.1) is 0 Å². The summed E-state index contributed by atoms with van der Waals surface area (Å²) in [5, 5.41) is 0. The van der Waals surface area contributed by atoms with E-state index in [4.69, 9.17) is 5.73 Å². The number of benzene rings is 1. The van der Waals surface area contributed by atoms with Crippen LogP contribution in [0.25, 0.3) is 5.70 Å². The molecular formula is C15H13FN4. The molecule has 0 atom stereocenters. The zero-order chi connectivity index (χ0) is 13.9. The third-order valence-electron chi connectivity index (χ3n) is 3.04. The van der Waals surface area contributed by atoms with Crippen molar-refractivity contribution >= 4 is 17.2 Å². The van der Waals surface area contributed by atoms with Gasteiger partial charge < -0.3 is 10.6 Å². The number of hydrogen-bond acceptors (Lipinski definition) is 4. The number of aromatic nitrogens is 1. The minimum atomic E-state index is -0.283. The Labute approximate surface area is 116 Å². The first kappa shape index (κ1) is 12.3. The van der Waals surface area contributed by atoms with E-state index in [-0.39, 0.29) is 5.82 Å². The van der Waals surface area contributed by atoms with E-state index in [9.17, 15) is 4.39 Å². The molecule has 0 bridgehead atoms. The van der Waals surface area contributed by atoms with Crippen LogP contribution in [0.5, 0.6) is 0 Å². The Kier molecular flexibility index (Phi) is 3.16. The van der Waals surface area contributed by atoms with E-state index >= 15 is 0 Å². The molecule has 2 heterocycles. The van der Waals surface area contributed by atoms with Crippen molar-refractivity contribution in [2.45, 2.75) is 0 Å². The van der Waals surface area contributed by atoms with Crippen LogP contribution in [0.4, 0.5) is 10.1 Å². The van der Waals surface area contributed by atoms with Crippen LogP contribution in [0.3, 0.4) is 0 Å². The fourth-order valence-corrected chi connectivity index (χ4v) is 2.12. The van der Waals surface area contributed by atoms with Gasteiger partial charge in [0.2, 0.25) is 0 Å². The molecule has 0 aliphatic carbocycles. The van der Waals surface area contributed by atoms with E-state index in [2.05, 4.69) is 9.98 Å². The number of rotatable bonds is 2. The average Bonchev–Trinajstić information content (AvgIpc) is 2.48. The molecule has 1 aliphatic rings. The van der Waals surface area contributed by atoms with Crippen LogP contribution in [-0.4, -0.2) is 17.4 Å². The summed E-state index contributed by atoms with van der Waals surface area (Å²) in [6, 6.07) is 10.2. The van der Waals surface area contributed by atoms with Crippen LogP contribution in [0.15, 0.2) is 60.0 Å². The molecule has 1 aliphatic heterocycles. The zero-order valence-electron chi connectivity index (χ0n) is 10.7. The molecule has 5 heteroatoms. The smallest absolute Gasteiger partial charge is 0.125 e. The molecule has 1 aromatic carbocycles. The second kappa shape index (κ2) is 5.13. The van der Waals surface area contributed by atoms with E-state index in [1.807, 2.05) is 23.1 Å². The van der Waals surface area contributed by atoms with Crippen molar-refractivity contribution in [2.75, 3.05) is 11.4 Å². The summed E-state index contributed by atoms with van der Waals surface area (Å²) < 4.78 is 13.4. The van der Waals surface area contributed by atoms with E-state index in [1.165, 1.54) is 12.1 Å². The molecule has 3 rings (SSSR count). The van der Waals surface area contributed by atoms with Gasteiger partial charge in [0.1, 0.15) is 11.7 Å². The predicted octanol–water partition coefficient (Wildman–Crippen LogP) is 2.40. The van der Waals surface area contributed by atoms with Crippen molar-refractivity contribution in [3.8, 4) is 0 Å². The van der Waals surface area contributed by atoms with Gasteiger partial charge in [0.05, 0.1) is 18.4 Å². The highest BCUT2D eigenvalue weighted by atomic mass is 19.1. The SMILES string of the molecule is NC1=NC=C(c2cccnc2)N(c2cccc(F)c2)C1. The second-order valence-electron chi connectivity index (χ2n) is 4.44. The minimum absolute atomic E-state index is 0.283. The van der Waals surface area contributed by atoms with Crippen LogP contribution < -0.4 is 10.6 Å². The Morgan fingerprint density at radius 1 is 1.20 bits per heavy atom. The quantitative estimate of drug-likeness (QED) is 0.910. The molecule has 0 radical (unpaired) electrons. The Hall–Kier alpha value is -2.69. The lowest BCUT2D eigenvalue weighted by molar-refractivity contribution is 0.628. The molecule has 0 spiro atoms. The summed E-state index contributed by atoms with van der Waals surface area (Å²) >= 11 is 0. The summed E-state index contributed by atoms with van der Waals surface area (Å²) in [7, 11) is 0. The van der Waals surface area contributed by atoms with Gasteiger partial charge in [0.15, 0.2) is 0 Å². The van der Waals surface area contributed by atoms with Crippen LogP contribution in [0, 0.1) is 5.82 Å². The molecule has 0 saturated heterocycles. The number of anilines is 1. The Morgan fingerprint density at radius 3 is 2.85 bits per heavy atom. The Morgan fingerprint density at radius 2 is 2.10 bits per heavy atom. The number of halogens is 1. The van der Waals surface area contributed by atoms with Gasteiger partial charge in [-0.05, 0) is 30.3 Å². The summed E-state index contributed by atoms with van der Waals surface area (Å²) in [4.78, 5) is 10.2. The van der Waals surface area contributed by atoms with Crippen molar-refractivity contribution in [1.82, 2.24) is 4.98 Å². The van der Waals surface area contributed by atoms with Crippen LogP contribution in [0.2, 0.25) is 0 Å². The average molecular weight is 268 g/mol. The molecule has 0 fully saturated rings. The third kappa shape index (κ3) is 2.38. The van der Waals surface area contributed by atoms with Crippen molar-refractivity contribution < 1.29 is 4.39 Å². The highest BCUT2D eigenvalue weighted by Crippen LogP contribution is 2.28. The zero-order valence-corrected chi connectivity index (χ0v) is 10.7. The lowest BCUT2D eigenvalue weighted by atomic mass is 10.1. The van der Waals surface area contributed by atoms with Gasteiger partial charge in [-0.25, -0.2) is 9.38 Å². The molecule has 2 aromatic rings. The summed E-state index contributed by atoms with van der Waals surface area (Å²) in [6.07, 6.45) is 5.13. The maximum Gasteiger partial charge on any atom is 0.125 e. The number of hydrogen-bond donors (Lipinski definition) is 1. The lowest BCUT2D eigenvalue weighted by Crippen LogP contribution is -2.35. The number of amidine groups is 1. The molecule has 0 saturated carbocycles. The van der Waals surface area contributed by atoms with Crippen molar-refractivity contribution in [3.63, 3.8) is 0 Å². The number of nitrogens with zero attached hydrogens (tertiary/aromatic N) is 3. The first-order valence-electron chi connectivity index (χ1n) is 6.20. The fraction of sp³-hybridized carbons (Fsp3) is 0.0667. The Balaban J connectivity index is 2.05. The van der Waals surface area contributed by atoms with Crippen LogP contribution >= 0.6 is 0 Å². The molecule has 0 amide bonds. The highest BCUT2D eigenvalue weighted by Gasteiger charge is 2.19. The normalized spacial score (nSPS) is 14.8. The topological polar surface area (TPSA) is 54.5 Å². The van der Waals surface area contributed by atoms with Crippen molar-refractivity contribution in [3.05, 3.63) is 66.4 Å². The first-order chi connectivity index (χ1) is 9.74. The largest absolute Gasteiger partial charge is 0.386 e. The summed E-state index contributed by atoms with van der Waals surface area (Å²) in [5.74, 6) is 0.205. The second-order valence-corrected chi connectivity index (χ2v) is 4.44. The Bertz CT molecular complexity index is 679. The highest BCUT2D eigenvalue weighted by molar-refractivity contribution is 5.94. The number of pyridine rings is 1. The molecule has 4 nitrogen and oxygen atoms in total. The van der Waals surface area contributed by atoms with E-state index in [1.54, 1.807) is 24.7 Å². The molecule has 1 aromatic heterocycles. The van der Waals surface area contributed by atoms with Gasteiger partial charge in [-0.2, -0.15) is 0 Å². The summed E-state index contributed by atoms with van der Waals surface area (Å²) in [6.45, 7) is 0.421. The molecule has 100 valence electrons. The van der Waals surface area contributed by atoms with Gasteiger partial charge in [-0.1, -0.05) is 6.07 Å². The van der Waals surface area contributed by atoms with E-state index < -0.39 is 0 Å². The maximum absolute atomic E-state index is 13.4. The van der Waals surface area contributed by atoms with Crippen molar-refractivity contribution in [1.29, 1.82) is 0 Å². The predicted molar refractivity (Wildman–Crippen MR) is 77.6 cm³/mol. The van der Waals surface area contributed by atoms with E-state index in [0.717, 1.165) is 16.9 Å². The first-order valence-corrected chi connectivity index (χ1v) is 6.20. The maximum atomic E-state index is 13.4. The summed E-state index contributed by atoms with van der Waals surface area (Å²) in [5.41, 5.74) is 8.28. The molecule has 2 N–H and O–H groups in total. The monoisotopic (exact) mass is 268 g/mol.